The number of nitrogens with two attached hydrogens (primary N) is 1. The Kier molecular flexibility index (Phi) is 3.57. The average molecular weight is 224 g/mol. The number of nitrogens with one attached hydrogen (secondary N) is 1. The van der Waals surface area contributed by atoms with E-state index in [-0.39, 0.29) is 18.0 Å². The molecule has 5 nitrogen and oxygen atoms in total. The number of anilines is 1. The van der Waals surface area contributed by atoms with Crippen LogP contribution in [-0.2, 0) is 11.3 Å². The number of amides is 1. The molecule has 5 heteroatoms. The molecule has 0 radical (unpaired) electrons. The molecule has 0 aliphatic carbocycles. The zero-order valence-corrected chi connectivity index (χ0v) is 10.4. The second kappa shape index (κ2) is 4.55. The van der Waals surface area contributed by atoms with Crippen LogP contribution in [0.5, 0.6) is 0 Å². The Morgan fingerprint density at radius 1 is 1.62 bits per heavy atom. The molecule has 1 amide bonds. The molecule has 0 aromatic carbocycles. The smallest absolute Gasteiger partial charge is 0.242 e. The monoisotopic (exact) mass is 224 g/mol. The molecule has 0 atom stereocenters. The number of rotatable bonds is 4. The van der Waals surface area contributed by atoms with Gasteiger partial charge in [0.25, 0.3) is 0 Å². The molecule has 1 aromatic rings. The highest BCUT2D eigenvalue weighted by molar-refractivity contribution is 5.76. The summed E-state index contributed by atoms with van der Waals surface area (Å²) in [6, 6.07) is 0. The highest BCUT2D eigenvalue weighted by atomic mass is 16.2. The second-order valence-electron chi connectivity index (χ2n) is 4.68. The highest BCUT2D eigenvalue weighted by Crippen LogP contribution is 2.08. The van der Waals surface area contributed by atoms with E-state index in [0.717, 1.165) is 12.0 Å². The molecule has 0 aliphatic rings. The minimum Gasteiger partial charge on any atom is -0.382 e. The number of hydrogen-bond donors (Lipinski definition) is 2. The first-order chi connectivity index (χ1) is 7.34. The molecule has 0 spiro atoms. The fourth-order valence-corrected chi connectivity index (χ4v) is 1.27. The third kappa shape index (κ3) is 3.25. The lowest BCUT2D eigenvalue weighted by Gasteiger charge is -2.24. The predicted octanol–water partition coefficient (Wildman–Crippen LogP) is 1.08. The summed E-state index contributed by atoms with van der Waals surface area (Å²) in [5, 5.41) is 6.98. The third-order valence-electron chi connectivity index (χ3n) is 2.65. The Bertz CT molecular complexity index is 362. The number of nitrogen functional groups attached to an aromatic ring is 1. The normalized spacial score (nSPS) is 11.5. The number of aryl methyl sites for hydroxylation is 1. The zero-order valence-electron chi connectivity index (χ0n) is 10.4. The van der Waals surface area contributed by atoms with Gasteiger partial charge < -0.3 is 11.1 Å². The summed E-state index contributed by atoms with van der Waals surface area (Å²) in [4.78, 5) is 11.7. The minimum absolute atomic E-state index is 0.0469. The largest absolute Gasteiger partial charge is 0.382 e. The molecule has 0 fully saturated rings. The SMILES string of the molecule is CCC(C)(C)NC(=O)Cn1cc(C)c(N)n1. The molecule has 3 N–H and O–H groups in total. The van der Waals surface area contributed by atoms with E-state index in [2.05, 4.69) is 10.4 Å². The van der Waals surface area contributed by atoms with Crippen LogP contribution < -0.4 is 11.1 Å². The molecule has 0 saturated heterocycles. The summed E-state index contributed by atoms with van der Waals surface area (Å²) in [6.45, 7) is 8.10. The van der Waals surface area contributed by atoms with E-state index in [9.17, 15) is 4.79 Å². The fraction of sp³-hybridized carbons (Fsp3) is 0.636. The first-order valence-electron chi connectivity index (χ1n) is 5.44. The molecule has 1 aromatic heterocycles. The number of hydrogen-bond acceptors (Lipinski definition) is 3. The molecule has 0 bridgehead atoms. The van der Waals surface area contributed by atoms with Crippen molar-refractivity contribution in [1.29, 1.82) is 0 Å². The van der Waals surface area contributed by atoms with Crippen LogP contribution in [-0.4, -0.2) is 21.2 Å². The summed E-state index contributed by atoms with van der Waals surface area (Å²) >= 11 is 0. The summed E-state index contributed by atoms with van der Waals surface area (Å²) in [7, 11) is 0. The van der Waals surface area contributed by atoms with Gasteiger partial charge >= 0.3 is 0 Å². The predicted molar refractivity (Wildman–Crippen MR) is 63.9 cm³/mol. The zero-order chi connectivity index (χ0) is 12.3. The summed E-state index contributed by atoms with van der Waals surface area (Å²) in [5.41, 5.74) is 6.32. The molecule has 0 aliphatic heterocycles. The second-order valence-corrected chi connectivity index (χ2v) is 4.68. The van der Waals surface area contributed by atoms with Gasteiger partial charge in [0.05, 0.1) is 0 Å². The van der Waals surface area contributed by atoms with Crippen LogP contribution in [0.25, 0.3) is 0 Å². The van der Waals surface area contributed by atoms with Gasteiger partial charge in [-0.05, 0) is 27.2 Å². The minimum atomic E-state index is -0.176. The van der Waals surface area contributed by atoms with Gasteiger partial charge in [-0.25, -0.2) is 0 Å². The van der Waals surface area contributed by atoms with Crippen molar-refractivity contribution in [3.05, 3.63) is 11.8 Å². The maximum atomic E-state index is 11.7. The van der Waals surface area contributed by atoms with Gasteiger partial charge in [-0.1, -0.05) is 6.92 Å². The Morgan fingerprint density at radius 3 is 2.69 bits per heavy atom. The molecule has 0 unspecified atom stereocenters. The van der Waals surface area contributed by atoms with Crippen molar-refractivity contribution in [3.63, 3.8) is 0 Å². The van der Waals surface area contributed by atoms with Crippen LogP contribution in [0.15, 0.2) is 6.20 Å². The van der Waals surface area contributed by atoms with Crippen molar-refractivity contribution in [1.82, 2.24) is 15.1 Å². The first-order valence-corrected chi connectivity index (χ1v) is 5.44. The van der Waals surface area contributed by atoms with Crippen LogP contribution in [0.4, 0.5) is 5.82 Å². The Hall–Kier alpha value is -1.52. The van der Waals surface area contributed by atoms with E-state index in [1.807, 2.05) is 27.7 Å². The van der Waals surface area contributed by atoms with Crippen molar-refractivity contribution in [2.45, 2.75) is 46.2 Å². The van der Waals surface area contributed by atoms with E-state index in [4.69, 9.17) is 5.73 Å². The first kappa shape index (κ1) is 12.5. The van der Waals surface area contributed by atoms with Crippen LogP contribution in [0, 0.1) is 6.92 Å². The maximum absolute atomic E-state index is 11.7. The third-order valence-corrected chi connectivity index (χ3v) is 2.65. The number of carbonyl (C=O) groups is 1. The van der Waals surface area contributed by atoms with Crippen molar-refractivity contribution in [2.24, 2.45) is 0 Å². The van der Waals surface area contributed by atoms with Crippen LogP contribution in [0.1, 0.15) is 32.8 Å². The van der Waals surface area contributed by atoms with Crippen LogP contribution in [0.2, 0.25) is 0 Å². The van der Waals surface area contributed by atoms with E-state index in [1.165, 1.54) is 0 Å². The average Bonchev–Trinajstić information content (AvgIpc) is 2.44. The van der Waals surface area contributed by atoms with Gasteiger partial charge in [0.15, 0.2) is 0 Å². The highest BCUT2D eigenvalue weighted by Gasteiger charge is 2.18. The summed E-state index contributed by atoms with van der Waals surface area (Å²) in [5.74, 6) is 0.428. The van der Waals surface area contributed by atoms with Crippen molar-refractivity contribution >= 4 is 11.7 Å². The molecule has 16 heavy (non-hydrogen) atoms. The lowest BCUT2D eigenvalue weighted by molar-refractivity contribution is -0.123. The van der Waals surface area contributed by atoms with Gasteiger partial charge in [0, 0.05) is 17.3 Å². The van der Waals surface area contributed by atoms with E-state index < -0.39 is 0 Å². The number of nitrogens with zero attached hydrogens (tertiary/aromatic N) is 2. The van der Waals surface area contributed by atoms with Crippen molar-refractivity contribution in [3.8, 4) is 0 Å². The molecular formula is C11H20N4O. The number of carbonyl (C=O) groups excluding carboxylic acids is 1. The van der Waals surface area contributed by atoms with E-state index in [1.54, 1.807) is 10.9 Å². The van der Waals surface area contributed by atoms with Gasteiger partial charge in [-0.2, -0.15) is 5.10 Å². The molecule has 0 saturated carbocycles. The Balaban J connectivity index is 2.58. The van der Waals surface area contributed by atoms with Gasteiger partial charge in [0.2, 0.25) is 5.91 Å². The molecule has 1 heterocycles. The summed E-state index contributed by atoms with van der Waals surface area (Å²) < 4.78 is 1.56. The maximum Gasteiger partial charge on any atom is 0.242 e. The molecule has 1 rings (SSSR count). The Morgan fingerprint density at radius 2 is 2.25 bits per heavy atom. The molecular weight excluding hydrogens is 204 g/mol. The lowest BCUT2D eigenvalue weighted by atomic mass is 10.0. The standard InChI is InChI=1S/C11H20N4O/c1-5-11(3,4)13-9(16)7-15-6-8(2)10(12)14-15/h6H,5,7H2,1-4H3,(H2,12,14)(H,13,16). The Labute approximate surface area is 96.0 Å². The van der Waals surface area contributed by atoms with Crippen molar-refractivity contribution < 1.29 is 4.79 Å². The van der Waals surface area contributed by atoms with Crippen molar-refractivity contribution in [2.75, 3.05) is 5.73 Å². The fourth-order valence-electron chi connectivity index (χ4n) is 1.27. The quantitative estimate of drug-likeness (QED) is 0.803. The van der Waals surface area contributed by atoms with Gasteiger partial charge in [0.1, 0.15) is 12.4 Å². The summed E-state index contributed by atoms with van der Waals surface area (Å²) in [6.07, 6.45) is 2.66. The van der Waals surface area contributed by atoms with E-state index >= 15 is 0 Å². The number of aromatic nitrogens is 2. The van der Waals surface area contributed by atoms with Crippen LogP contribution in [0.3, 0.4) is 0 Å². The topological polar surface area (TPSA) is 72.9 Å². The van der Waals surface area contributed by atoms with Gasteiger partial charge in [-0.3, -0.25) is 9.48 Å². The van der Waals surface area contributed by atoms with Gasteiger partial charge in [-0.15, -0.1) is 0 Å². The lowest BCUT2D eigenvalue weighted by Crippen LogP contribution is -2.44. The molecule has 90 valence electrons. The van der Waals surface area contributed by atoms with E-state index in [0.29, 0.717) is 5.82 Å². The van der Waals surface area contributed by atoms with Crippen LogP contribution >= 0.6 is 0 Å².